The molecule has 2 aromatic carbocycles. The summed E-state index contributed by atoms with van der Waals surface area (Å²) in [7, 11) is 0. The first-order chi connectivity index (χ1) is 10.2. The average Bonchev–Trinajstić information content (AvgIpc) is 2.83. The predicted molar refractivity (Wildman–Crippen MR) is 86.3 cm³/mol. The summed E-state index contributed by atoms with van der Waals surface area (Å²) in [5, 5.41) is 4.17. The smallest absolute Gasteiger partial charge is 0.193 e. The normalized spacial score (nSPS) is 11.8. The maximum Gasteiger partial charge on any atom is 0.193 e. The monoisotopic (exact) mass is 279 g/mol. The average molecular weight is 279 g/mol. The van der Waals surface area contributed by atoms with E-state index < -0.39 is 0 Å². The van der Waals surface area contributed by atoms with Crippen molar-refractivity contribution in [3.8, 4) is 0 Å². The van der Waals surface area contributed by atoms with Gasteiger partial charge in [0.1, 0.15) is 17.9 Å². The molecule has 0 saturated heterocycles. The highest BCUT2D eigenvalue weighted by Gasteiger charge is 2.09. The molecule has 0 atom stereocenters. The number of rotatable bonds is 3. The summed E-state index contributed by atoms with van der Waals surface area (Å²) in [6.45, 7) is 2.46. The third-order valence-corrected chi connectivity index (χ3v) is 3.38. The van der Waals surface area contributed by atoms with E-state index in [0.29, 0.717) is 12.5 Å². The molecule has 0 aliphatic rings. The Kier molecular flexibility index (Phi) is 3.60. The van der Waals surface area contributed by atoms with Crippen molar-refractivity contribution in [3.63, 3.8) is 0 Å². The van der Waals surface area contributed by atoms with E-state index in [1.54, 1.807) is 0 Å². The number of aliphatic imine (C=N–C) groups is 1. The van der Waals surface area contributed by atoms with Crippen molar-refractivity contribution in [1.82, 2.24) is 0 Å². The minimum atomic E-state index is 0.376. The van der Waals surface area contributed by atoms with Crippen LogP contribution < -0.4 is 11.1 Å². The van der Waals surface area contributed by atoms with Crippen molar-refractivity contribution in [3.05, 3.63) is 65.9 Å². The van der Waals surface area contributed by atoms with Gasteiger partial charge in [0.05, 0.1) is 0 Å². The Balaban J connectivity index is 1.76. The number of guanidine groups is 1. The van der Waals surface area contributed by atoms with Gasteiger partial charge in [-0.2, -0.15) is 0 Å². The molecule has 3 aromatic rings. The highest BCUT2D eigenvalue weighted by Crippen LogP contribution is 2.25. The number of benzene rings is 2. The van der Waals surface area contributed by atoms with Crippen LogP contribution in [-0.2, 0) is 6.54 Å². The topological polar surface area (TPSA) is 63.5 Å². The molecule has 3 N–H and O–H groups in total. The van der Waals surface area contributed by atoms with Crippen molar-refractivity contribution in [1.29, 1.82) is 0 Å². The Hall–Kier alpha value is -2.75. The van der Waals surface area contributed by atoms with E-state index >= 15 is 0 Å². The van der Waals surface area contributed by atoms with Gasteiger partial charge in [-0.15, -0.1) is 0 Å². The second-order valence-corrected chi connectivity index (χ2v) is 4.84. The van der Waals surface area contributed by atoms with E-state index in [9.17, 15) is 0 Å². The highest BCUT2D eigenvalue weighted by molar-refractivity contribution is 5.92. The van der Waals surface area contributed by atoms with E-state index in [0.717, 1.165) is 28.0 Å². The molecule has 0 aliphatic heterocycles. The van der Waals surface area contributed by atoms with Crippen LogP contribution in [0.4, 0.5) is 5.69 Å². The molecule has 4 nitrogen and oxygen atoms in total. The van der Waals surface area contributed by atoms with Crippen molar-refractivity contribution in [2.45, 2.75) is 13.5 Å². The van der Waals surface area contributed by atoms with Crippen LogP contribution >= 0.6 is 0 Å². The molecular formula is C17H17N3O. The lowest BCUT2D eigenvalue weighted by atomic mass is 10.1. The molecule has 0 amide bonds. The van der Waals surface area contributed by atoms with Gasteiger partial charge in [-0.25, -0.2) is 4.99 Å². The first-order valence-corrected chi connectivity index (χ1v) is 6.83. The van der Waals surface area contributed by atoms with Gasteiger partial charge >= 0.3 is 0 Å². The fourth-order valence-corrected chi connectivity index (χ4v) is 2.24. The number of para-hydroxylation sites is 2. The second-order valence-electron chi connectivity index (χ2n) is 4.84. The zero-order valence-corrected chi connectivity index (χ0v) is 11.8. The van der Waals surface area contributed by atoms with Crippen molar-refractivity contribution >= 4 is 22.6 Å². The van der Waals surface area contributed by atoms with Crippen molar-refractivity contribution in [2.24, 2.45) is 10.7 Å². The Morgan fingerprint density at radius 3 is 2.57 bits per heavy atom. The summed E-state index contributed by atoms with van der Waals surface area (Å²) < 4.78 is 5.81. The molecule has 0 bridgehead atoms. The molecule has 106 valence electrons. The van der Waals surface area contributed by atoms with Crippen LogP contribution in [0.3, 0.4) is 0 Å². The summed E-state index contributed by atoms with van der Waals surface area (Å²) in [5.74, 6) is 1.22. The van der Waals surface area contributed by atoms with E-state index in [-0.39, 0.29) is 0 Å². The van der Waals surface area contributed by atoms with Gasteiger partial charge in [0.25, 0.3) is 0 Å². The zero-order chi connectivity index (χ0) is 14.7. The van der Waals surface area contributed by atoms with E-state index in [2.05, 4.69) is 10.3 Å². The third-order valence-electron chi connectivity index (χ3n) is 3.38. The number of nitrogens with two attached hydrogens (primary N) is 1. The standard InChI is InChI=1S/C17H17N3O/c1-12-14-9-5-6-10-15(14)21-16(12)11-19-17(18)20-13-7-3-2-4-8-13/h2-10H,11H2,1H3,(H3,18,19,20). The quantitative estimate of drug-likeness (QED) is 0.568. The molecule has 0 saturated carbocycles. The zero-order valence-electron chi connectivity index (χ0n) is 11.8. The number of aryl methyl sites for hydroxylation is 1. The van der Waals surface area contributed by atoms with Gasteiger partial charge in [-0.1, -0.05) is 36.4 Å². The van der Waals surface area contributed by atoms with Gasteiger partial charge in [-0.3, -0.25) is 0 Å². The SMILES string of the molecule is Cc1c(CN=C(N)Nc2ccccc2)oc2ccccc12. The van der Waals surface area contributed by atoms with E-state index in [1.807, 2.05) is 61.5 Å². The number of furan rings is 1. The van der Waals surface area contributed by atoms with Crippen LogP contribution in [0.25, 0.3) is 11.0 Å². The summed E-state index contributed by atoms with van der Waals surface area (Å²) in [6.07, 6.45) is 0. The molecular weight excluding hydrogens is 262 g/mol. The largest absolute Gasteiger partial charge is 0.459 e. The molecule has 3 rings (SSSR count). The van der Waals surface area contributed by atoms with Gasteiger partial charge in [0.2, 0.25) is 0 Å². The molecule has 0 fully saturated rings. The Morgan fingerprint density at radius 2 is 1.81 bits per heavy atom. The van der Waals surface area contributed by atoms with Crippen LogP contribution in [-0.4, -0.2) is 5.96 Å². The van der Waals surface area contributed by atoms with Crippen LogP contribution in [0.15, 0.2) is 64.0 Å². The molecule has 0 spiro atoms. The van der Waals surface area contributed by atoms with Crippen molar-refractivity contribution < 1.29 is 4.42 Å². The van der Waals surface area contributed by atoms with Gasteiger partial charge < -0.3 is 15.5 Å². The summed E-state index contributed by atoms with van der Waals surface area (Å²) in [5.41, 5.74) is 8.81. The molecule has 1 heterocycles. The number of fused-ring (bicyclic) bond motifs is 1. The van der Waals surface area contributed by atoms with Gasteiger partial charge in [0, 0.05) is 16.6 Å². The first-order valence-electron chi connectivity index (χ1n) is 6.83. The lowest BCUT2D eigenvalue weighted by molar-refractivity contribution is 0.549. The molecule has 1 aromatic heterocycles. The Bertz CT molecular complexity index is 775. The highest BCUT2D eigenvalue weighted by atomic mass is 16.3. The number of nitrogens with zero attached hydrogens (tertiary/aromatic N) is 1. The molecule has 0 radical (unpaired) electrons. The third kappa shape index (κ3) is 2.89. The van der Waals surface area contributed by atoms with E-state index in [4.69, 9.17) is 10.2 Å². The summed E-state index contributed by atoms with van der Waals surface area (Å²) >= 11 is 0. The molecule has 0 unspecified atom stereocenters. The second kappa shape index (κ2) is 5.71. The lowest BCUT2D eigenvalue weighted by Gasteiger charge is -2.04. The van der Waals surface area contributed by atoms with Gasteiger partial charge in [0.15, 0.2) is 5.96 Å². The summed E-state index contributed by atoms with van der Waals surface area (Å²) in [4.78, 5) is 4.34. The van der Waals surface area contributed by atoms with E-state index in [1.165, 1.54) is 0 Å². The van der Waals surface area contributed by atoms with Crippen LogP contribution in [0.1, 0.15) is 11.3 Å². The molecule has 4 heteroatoms. The van der Waals surface area contributed by atoms with Crippen molar-refractivity contribution in [2.75, 3.05) is 5.32 Å². The first kappa shape index (κ1) is 13.2. The number of hydrogen-bond donors (Lipinski definition) is 2. The minimum absolute atomic E-state index is 0.376. The van der Waals surface area contributed by atoms with Crippen LogP contribution in [0.5, 0.6) is 0 Å². The minimum Gasteiger partial charge on any atom is -0.459 e. The Labute approximate surface area is 123 Å². The van der Waals surface area contributed by atoms with Gasteiger partial charge in [-0.05, 0) is 25.1 Å². The maximum absolute atomic E-state index is 5.90. The molecule has 21 heavy (non-hydrogen) atoms. The maximum atomic E-state index is 5.90. The lowest BCUT2D eigenvalue weighted by Crippen LogP contribution is -2.22. The Morgan fingerprint density at radius 1 is 1.10 bits per heavy atom. The number of nitrogens with one attached hydrogen (secondary N) is 1. The fraction of sp³-hybridized carbons (Fsp3) is 0.118. The molecule has 0 aliphatic carbocycles. The predicted octanol–water partition coefficient (Wildman–Crippen LogP) is 3.67. The summed E-state index contributed by atoms with van der Waals surface area (Å²) in [6, 6.07) is 17.7. The van der Waals surface area contributed by atoms with Crippen LogP contribution in [0.2, 0.25) is 0 Å². The number of hydrogen-bond acceptors (Lipinski definition) is 2. The van der Waals surface area contributed by atoms with Crippen LogP contribution in [0, 0.1) is 6.92 Å². The number of anilines is 1. The fourth-order valence-electron chi connectivity index (χ4n) is 2.24.